The van der Waals surface area contributed by atoms with Crippen LogP contribution in [0.1, 0.15) is 63.2 Å². The number of tetrazole rings is 1. The highest BCUT2D eigenvalue weighted by molar-refractivity contribution is 5.76. The molecule has 0 spiro atoms. The molecule has 4 rings (SSSR count). The van der Waals surface area contributed by atoms with Gasteiger partial charge >= 0.3 is 0 Å². The summed E-state index contributed by atoms with van der Waals surface area (Å²) in [7, 11) is 0. The quantitative estimate of drug-likeness (QED) is 0.433. The maximum Gasteiger partial charge on any atom is 0.206 e. The molecule has 0 aliphatic rings. The van der Waals surface area contributed by atoms with Gasteiger partial charge in [0, 0.05) is 29.7 Å². The van der Waals surface area contributed by atoms with Crippen molar-refractivity contribution in [2.45, 2.75) is 58.9 Å². The first-order valence-electron chi connectivity index (χ1n) is 10.9. The van der Waals surface area contributed by atoms with Crippen LogP contribution in [-0.2, 0) is 13.0 Å². The lowest BCUT2D eigenvalue weighted by molar-refractivity contribution is 0.602. The minimum atomic E-state index is 0.372. The van der Waals surface area contributed by atoms with Gasteiger partial charge in [0.1, 0.15) is 5.82 Å². The molecule has 0 bridgehead atoms. The van der Waals surface area contributed by atoms with Crippen molar-refractivity contribution in [1.82, 2.24) is 40.4 Å². The number of benzene rings is 1. The number of aryl methyl sites for hydroxylation is 1. The van der Waals surface area contributed by atoms with Gasteiger partial charge in [-0.25, -0.2) is 9.67 Å². The van der Waals surface area contributed by atoms with Gasteiger partial charge < -0.3 is 0 Å². The van der Waals surface area contributed by atoms with E-state index in [1.807, 2.05) is 12.1 Å². The van der Waals surface area contributed by atoms with Gasteiger partial charge in [-0.2, -0.15) is 10.3 Å². The van der Waals surface area contributed by atoms with E-state index in [0.29, 0.717) is 18.3 Å². The molecule has 1 N–H and O–H groups in total. The van der Waals surface area contributed by atoms with Crippen LogP contribution in [0.2, 0.25) is 0 Å². The van der Waals surface area contributed by atoms with E-state index in [2.05, 4.69) is 75.3 Å². The van der Waals surface area contributed by atoms with Crippen molar-refractivity contribution in [3.63, 3.8) is 0 Å². The summed E-state index contributed by atoms with van der Waals surface area (Å²) < 4.78 is 2.07. The predicted octanol–water partition coefficient (Wildman–Crippen LogP) is 4.42. The fraction of sp³-hybridized carbons (Fsp3) is 0.391. The molecule has 0 radical (unpaired) electrons. The predicted molar refractivity (Wildman–Crippen MR) is 119 cm³/mol. The number of hydrogen-bond acceptors (Lipinski definition) is 6. The number of aromatic amines is 1. The number of nitrogens with zero attached hydrogens (tertiary/aromatic N) is 7. The maximum absolute atomic E-state index is 4.84. The third kappa shape index (κ3) is 4.68. The Labute approximate surface area is 182 Å². The maximum atomic E-state index is 4.84. The summed E-state index contributed by atoms with van der Waals surface area (Å²) in [5.41, 5.74) is 3.87. The van der Waals surface area contributed by atoms with E-state index >= 15 is 0 Å². The van der Waals surface area contributed by atoms with Crippen LogP contribution >= 0.6 is 0 Å². The first-order valence-corrected chi connectivity index (χ1v) is 10.9. The SMILES string of the molecule is CCCCc1nc(C(C)CC)nn1Cc1ccc(-c2ncccc2-c2nn[nH]n2)cc1. The third-order valence-electron chi connectivity index (χ3n) is 5.53. The standard InChI is InChI=1S/C23H28N8/c1-4-6-9-20-25-22(16(3)5-2)28-31(20)15-17-10-12-18(13-11-17)21-19(8-7-14-24-21)23-26-29-30-27-23/h7-8,10-14,16H,4-6,9,15H2,1-3H3,(H,26,27,29,30). The minimum Gasteiger partial charge on any atom is -0.255 e. The fourth-order valence-electron chi connectivity index (χ4n) is 3.46. The van der Waals surface area contributed by atoms with E-state index in [9.17, 15) is 0 Å². The zero-order chi connectivity index (χ0) is 21.6. The van der Waals surface area contributed by atoms with Gasteiger partial charge in [-0.3, -0.25) is 4.98 Å². The van der Waals surface area contributed by atoms with Crippen LogP contribution in [0.3, 0.4) is 0 Å². The number of rotatable bonds is 9. The molecule has 4 aromatic rings. The summed E-state index contributed by atoms with van der Waals surface area (Å²) >= 11 is 0. The smallest absolute Gasteiger partial charge is 0.206 e. The topological polar surface area (TPSA) is 98.1 Å². The van der Waals surface area contributed by atoms with E-state index < -0.39 is 0 Å². The molecule has 0 saturated carbocycles. The highest BCUT2D eigenvalue weighted by Gasteiger charge is 2.15. The van der Waals surface area contributed by atoms with Gasteiger partial charge in [0.15, 0.2) is 5.82 Å². The Kier molecular flexibility index (Phi) is 6.45. The lowest BCUT2D eigenvalue weighted by atomic mass is 10.0. The van der Waals surface area contributed by atoms with Gasteiger partial charge in [-0.15, -0.1) is 10.2 Å². The van der Waals surface area contributed by atoms with E-state index in [1.54, 1.807) is 6.20 Å². The Morgan fingerprint density at radius 3 is 2.65 bits per heavy atom. The zero-order valence-corrected chi connectivity index (χ0v) is 18.3. The molecule has 8 heteroatoms. The van der Waals surface area contributed by atoms with Gasteiger partial charge in [-0.05, 0) is 35.8 Å². The van der Waals surface area contributed by atoms with Crippen LogP contribution in [0.4, 0.5) is 0 Å². The van der Waals surface area contributed by atoms with E-state index in [-0.39, 0.29) is 0 Å². The molecule has 3 heterocycles. The van der Waals surface area contributed by atoms with Gasteiger partial charge in [0.25, 0.3) is 0 Å². The lowest BCUT2D eigenvalue weighted by Crippen LogP contribution is -2.07. The summed E-state index contributed by atoms with van der Waals surface area (Å²) in [4.78, 5) is 9.39. The second-order valence-corrected chi connectivity index (χ2v) is 7.79. The molecule has 8 nitrogen and oxygen atoms in total. The second-order valence-electron chi connectivity index (χ2n) is 7.79. The molecule has 0 aliphatic carbocycles. The summed E-state index contributed by atoms with van der Waals surface area (Å²) in [6, 6.07) is 12.2. The average molecular weight is 417 g/mol. The molecule has 31 heavy (non-hydrogen) atoms. The molecular formula is C23H28N8. The van der Waals surface area contributed by atoms with Crippen molar-refractivity contribution in [3.05, 3.63) is 59.8 Å². The number of hydrogen-bond donors (Lipinski definition) is 1. The summed E-state index contributed by atoms with van der Waals surface area (Å²) in [6.07, 6.45) is 6.04. The van der Waals surface area contributed by atoms with E-state index in [1.165, 1.54) is 5.56 Å². The molecule has 0 aliphatic heterocycles. The van der Waals surface area contributed by atoms with Crippen LogP contribution in [0.25, 0.3) is 22.6 Å². The fourth-order valence-corrected chi connectivity index (χ4v) is 3.46. The van der Waals surface area contributed by atoms with Crippen molar-refractivity contribution in [1.29, 1.82) is 0 Å². The Balaban J connectivity index is 1.58. The highest BCUT2D eigenvalue weighted by atomic mass is 15.5. The Bertz CT molecular complexity index is 1100. The molecule has 160 valence electrons. The first-order chi connectivity index (χ1) is 15.2. The van der Waals surface area contributed by atoms with Crippen molar-refractivity contribution in [3.8, 4) is 22.6 Å². The summed E-state index contributed by atoms with van der Waals surface area (Å²) in [5, 5.41) is 19.2. The number of aromatic nitrogens is 8. The van der Waals surface area contributed by atoms with Crippen molar-refractivity contribution < 1.29 is 0 Å². The van der Waals surface area contributed by atoms with Gasteiger partial charge in [0.05, 0.1) is 12.2 Å². The summed E-state index contributed by atoms with van der Waals surface area (Å²) in [5.74, 6) is 2.93. The molecule has 0 saturated heterocycles. The number of nitrogens with one attached hydrogen (secondary N) is 1. The molecule has 3 aromatic heterocycles. The van der Waals surface area contributed by atoms with Crippen LogP contribution in [0.5, 0.6) is 0 Å². The average Bonchev–Trinajstić information content (AvgIpc) is 3.48. The van der Waals surface area contributed by atoms with Crippen LogP contribution in [0, 0.1) is 0 Å². The number of H-pyrrole nitrogens is 1. The molecule has 1 unspecified atom stereocenters. The van der Waals surface area contributed by atoms with Crippen molar-refractivity contribution >= 4 is 0 Å². The van der Waals surface area contributed by atoms with E-state index in [4.69, 9.17) is 10.1 Å². The monoisotopic (exact) mass is 416 g/mol. The largest absolute Gasteiger partial charge is 0.255 e. The zero-order valence-electron chi connectivity index (χ0n) is 18.3. The van der Waals surface area contributed by atoms with Crippen LogP contribution in [-0.4, -0.2) is 40.4 Å². The first kappa shape index (κ1) is 20.8. The minimum absolute atomic E-state index is 0.372. The number of pyridine rings is 1. The molecule has 0 fully saturated rings. The molecule has 0 amide bonds. The van der Waals surface area contributed by atoms with Crippen LogP contribution < -0.4 is 0 Å². The van der Waals surface area contributed by atoms with Crippen molar-refractivity contribution in [2.75, 3.05) is 0 Å². The molecule has 1 aromatic carbocycles. The number of unbranched alkanes of at least 4 members (excludes halogenated alkanes) is 1. The Morgan fingerprint density at radius 1 is 1.10 bits per heavy atom. The normalized spacial score (nSPS) is 12.2. The lowest BCUT2D eigenvalue weighted by Gasteiger charge is -2.09. The second kappa shape index (κ2) is 9.59. The Morgan fingerprint density at radius 2 is 1.94 bits per heavy atom. The van der Waals surface area contributed by atoms with E-state index in [0.717, 1.165) is 54.2 Å². The molecule has 1 atom stereocenters. The molecular weight excluding hydrogens is 388 g/mol. The Hall–Kier alpha value is -3.42. The highest BCUT2D eigenvalue weighted by Crippen LogP contribution is 2.27. The third-order valence-corrected chi connectivity index (χ3v) is 5.53. The van der Waals surface area contributed by atoms with Crippen LogP contribution in [0.15, 0.2) is 42.6 Å². The van der Waals surface area contributed by atoms with Gasteiger partial charge in [-0.1, -0.05) is 51.5 Å². The van der Waals surface area contributed by atoms with Gasteiger partial charge in [0.2, 0.25) is 5.82 Å². The summed E-state index contributed by atoms with van der Waals surface area (Å²) in [6.45, 7) is 7.28. The van der Waals surface area contributed by atoms with Crippen molar-refractivity contribution in [2.24, 2.45) is 0 Å².